The molecule has 170 valence electrons. The predicted molar refractivity (Wildman–Crippen MR) is 125 cm³/mol. The normalized spacial score (nSPS) is 13.0. The minimum absolute atomic E-state index is 0.0722. The number of carboxylic acid groups (broad SMARTS) is 1. The van der Waals surface area contributed by atoms with Crippen molar-refractivity contribution in [3.63, 3.8) is 0 Å². The smallest absolute Gasteiger partial charge is 0.407 e. The maximum absolute atomic E-state index is 12.3. The van der Waals surface area contributed by atoms with E-state index in [2.05, 4.69) is 22.8 Å². The molecule has 2 amide bonds. The number of unbranched alkanes of at least 4 members (excludes halogenated alkanes) is 1. The number of ether oxygens (including phenoxy) is 1. The number of aliphatic carboxylic acids is 1. The first kappa shape index (κ1) is 23.7. The number of rotatable bonds is 11. The molecule has 0 aromatic heterocycles. The first-order valence-electron chi connectivity index (χ1n) is 10.6. The molecule has 2 aromatic carbocycles. The van der Waals surface area contributed by atoms with Gasteiger partial charge in [0.2, 0.25) is 5.91 Å². The van der Waals surface area contributed by atoms with E-state index in [1.165, 1.54) is 6.92 Å². The molecule has 0 heterocycles. The van der Waals surface area contributed by atoms with Crippen LogP contribution in [0.3, 0.4) is 0 Å². The summed E-state index contributed by atoms with van der Waals surface area (Å²) < 4.78 is 5.44. The number of carboxylic acids is 1. The highest BCUT2D eigenvalue weighted by Crippen LogP contribution is 2.44. The van der Waals surface area contributed by atoms with Crippen molar-refractivity contribution in [2.45, 2.75) is 38.1 Å². The van der Waals surface area contributed by atoms with Gasteiger partial charge < -0.3 is 20.5 Å². The molecule has 1 atom stereocenters. The zero-order chi connectivity index (χ0) is 22.9. The molecule has 0 saturated carbocycles. The summed E-state index contributed by atoms with van der Waals surface area (Å²) in [6, 6.07) is 15.1. The Labute approximate surface area is 191 Å². The first-order valence-corrected chi connectivity index (χ1v) is 11.8. The zero-order valence-corrected chi connectivity index (χ0v) is 18.8. The fourth-order valence-corrected chi connectivity index (χ4v) is 4.68. The molecule has 3 rings (SSSR count). The number of nitrogens with one attached hydrogen (secondary N) is 2. The summed E-state index contributed by atoms with van der Waals surface area (Å²) in [6.45, 7) is 1.61. The lowest BCUT2D eigenvalue weighted by Crippen LogP contribution is -2.41. The fourth-order valence-electron chi connectivity index (χ4n) is 3.82. The van der Waals surface area contributed by atoms with E-state index in [1.807, 2.05) is 36.4 Å². The molecule has 0 bridgehead atoms. The minimum atomic E-state index is -1.08. The Hall–Kier alpha value is -3.00. The van der Waals surface area contributed by atoms with Crippen LogP contribution in [0.1, 0.15) is 43.2 Å². The number of benzene rings is 2. The number of carbonyl (C=O) groups excluding carboxylic acids is 2. The number of hydrogen-bond acceptors (Lipinski definition) is 5. The molecular weight excluding hydrogens is 428 g/mol. The number of fused-ring (bicyclic) bond motifs is 3. The summed E-state index contributed by atoms with van der Waals surface area (Å²) in [6.07, 6.45) is 1.04. The molecule has 3 N–H and O–H groups in total. The summed E-state index contributed by atoms with van der Waals surface area (Å²) >= 11 is 1.58. The molecule has 0 aliphatic heterocycles. The third kappa shape index (κ3) is 6.26. The van der Waals surface area contributed by atoms with Gasteiger partial charge in [-0.3, -0.25) is 4.79 Å². The average molecular weight is 457 g/mol. The number of alkyl carbamates (subject to hydrolysis) is 1. The Balaban J connectivity index is 1.47. The molecule has 1 aliphatic rings. The topological polar surface area (TPSA) is 105 Å². The van der Waals surface area contributed by atoms with Crippen molar-refractivity contribution in [2.24, 2.45) is 0 Å². The average Bonchev–Trinajstić information content (AvgIpc) is 3.09. The van der Waals surface area contributed by atoms with E-state index in [1.54, 1.807) is 11.8 Å². The second-order valence-corrected chi connectivity index (χ2v) is 8.75. The third-order valence-corrected chi connectivity index (χ3v) is 6.31. The van der Waals surface area contributed by atoms with Crippen LogP contribution in [0, 0.1) is 0 Å². The lowest BCUT2D eigenvalue weighted by Gasteiger charge is -2.17. The number of hydrogen-bond donors (Lipinski definition) is 3. The molecular formula is C24H28N2O5S. The lowest BCUT2D eigenvalue weighted by atomic mass is 9.98. The summed E-state index contributed by atoms with van der Waals surface area (Å²) in [5.74, 6) is 0.116. The highest BCUT2D eigenvalue weighted by molar-refractivity contribution is 7.99. The van der Waals surface area contributed by atoms with Gasteiger partial charge in [-0.25, -0.2) is 9.59 Å². The maximum atomic E-state index is 12.3. The number of carbonyl (C=O) groups is 3. The van der Waals surface area contributed by atoms with Gasteiger partial charge in [0.25, 0.3) is 0 Å². The Morgan fingerprint density at radius 2 is 1.66 bits per heavy atom. The van der Waals surface area contributed by atoms with E-state index in [-0.39, 0.29) is 18.4 Å². The Kier molecular flexibility index (Phi) is 8.56. The van der Waals surface area contributed by atoms with Crippen LogP contribution >= 0.6 is 11.8 Å². The van der Waals surface area contributed by atoms with Gasteiger partial charge in [0.1, 0.15) is 12.6 Å². The SMILES string of the molecule is CC(=O)NCSCCCCC(NC(=O)OCC1c2ccccc2-c2ccccc21)C(=O)O. The van der Waals surface area contributed by atoms with E-state index in [0.29, 0.717) is 18.7 Å². The van der Waals surface area contributed by atoms with Crippen LogP contribution in [0.4, 0.5) is 4.79 Å². The monoisotopic (exact) mass is 456 g/mol. The Morgan fingerprint density at radius 1 is 1.03 bits per heavy atom. The van der Waals surface area contributed by atoms with Gasteiger partial charge in [-0.05, 0) is 47.3 Å². The standard InChI is InChI=1S/C24H28N2O5S/c1-16(27)25-15-32-13-7-6-12-22(23(28)29)26-24(30)31-14-21-19-10-4-2-8-17(19)18-9-3-5-11-20(18)21/h2-5,8-11,21-22H,6-7,12-15H2,1H3,(H,25,27)(H,26,30)(H,28,29). The Bertz CT molecular complexity index is 919. The number of thioether (sulfide) groups is 1. The maximum Gasteiger partial charge on any atom is 0.407 e. The van der Waals surface area contributed by atoms with Crippen LogP contribution in [-0.4, -0.2) is 47.4 Å². The molecule has 7 nitrogen and oxygen atoms in total. The van der Waals surface area contributed by atoms with Gasteiger partial charge in [-0.15, -0.1) is 11.8 Å². The first-order chi connectivity index (χ1) is 15.5. The summed E-state index contributed by atoms with van der Waals surface area (Å²) in [5.41, 5.74) is 4.48. The van der Waals surface area contributed by atoms with E-state index < -0.39 is 18.1 Å². The molecule has 0 spiro atoms. The van der Waals surface area contributed by atoms with Crippen molar-refractivity contribution in [3.8, 4) is 11.1 Å². The predicted octanol–water partition coefficient (Wildman–Crippen LogP) is 3.98. The highest BCUT2D eigenvalue weighted by Gasteiger charge is 2.29. The largest absolute Gasteiger partial charge is 0.480 e. The van der Waals surface area contributed by atoms with Crippen molar-refractivity contribution in [3.05, 3.63) is 59.7 Å². The number of amides is 2. The van der Waals surface area contributed by atoms with Gasteiger partial charge in [0.15, 0.2) is 0 Å². The van der Waals surface area contributed by atoms with Gasteiger partial charge in [0, 0.05) is 12.8 Å². The molecule has 0 radical (unpaired) electrons. The van der Waals surface area contributed by atoms with Crippen molar-refractivity contribution in [1.82, 2.24) is 10.6 Å². The molecule has 1 aliphatic carbocycles. The van der Waals surface area contributed by atoms with Crippen LogP contribution in [0.25, 0.3) is 11.1 Å². The van der Waals surface area contributed by atoms with E-state index in [0.717, 1.165) is 34.4 Å². The summed E-state index contributed by atoms with van der Waals surface area (Å²) in [7, 11) is 0. The fraction of sp³-hybridized carbons (Fsp3) is 0.375. The van der Waals surface area contributed by atoms with Crippen LogP contribution in [0.15, 0.2) is 48.5 Å². The molecule has 1 unspecified atom stereocenters. The van der Waals surface area contributed by atoms with E-state index in [9.17, 15) is 19.5 Å². The zero-order valence-electron chi connectivity index (χ0n) is 18.0. The second kappa shape index (κ2) is 11.6. The van der Waals surface area contributed by atoms with Gasteiger partial charge >= 0.3 is 12.1 Å². The van der Waals surface area contributed by atoms with Crippen molar-refractivity contribution in [1.29, 1.82) is 0 Å². The molecule has 2 aromatic rings. The van der Waals surface area contributed by atoms with Gasteiger partial charge in [-0.2, -0.15) is 0 Å². The molecule has 8 heteroatoms. The second-order valence-electron chi connectivity index (χ2n) is 7.64. The summed E-state index contributed by atoms with van der Waals surface area (Å²) in [4.78, 5) is 34.7. The van der Waals surface area contributed by atoms with Crippen molar-refractivity contribution >= 4 is 29.7 Å². The third-order valence-electron chi connectivity index (χ3n) is 5.39. The van der Waals surface area contributed by atoms with Crippen LogP contribution in [-0.2, 0) is 14.3 Å². The van der Waals surface area contributed by atoms with Crippen molar-refractivity contribution < 1.29 is 24.2 Å². The molecule has 32 heavy (non-hydrogen) atoms. The van der Waals surface area contributed by atoms with Gasteiger partial charge in [-0.1, -0.05) is 48.5 Å². The Morgan fingerprint density at radius 3 is 2.25 bits per heavy atom. The molecule has 0 fully saturated rings. The van der Waals surface area contributed by atoms with E-state index in [4.69, 9.17) is 4.74 Å². The van der Waals surface area contributed by atoms with Crippen LogP contribution < -0.4 is 10.6 Å². The minimum Gasteiger partial charge on any atom is -0.480 e. The quantitative estimate of drug-likeness (QED) is 0.349. The lowest BCUT2D eigenvalue weighted by molar-refractivity contribution is -0.139. The van der Waals surface area contributed by atoms with Crippen LogP contribution in [0.5, 0.6) is 0 Å². The van der Waals surface area contributed by atoms with Crippen LogP contribution in [0.2, 0.25) is 0 Å². The highest BCUT2D eigenvalue weighted by atomic mass is 32.2. The van der Waals surface area contributed by atoms with Crippen molar-refractivity contribution in [2.75, 3.05) is 18.2 Å². The van der Waals surface area contributed by atoms with Gasteiger partial charge in [0.05, 0.1) is 5.88 Å². The molecule has 0 saturated heterocycles. The summed E-state index contributed by atoms with van der Waals surface area (Å²) in [5, 5.41) is 14.6. The van der Waals surface area contributed by atoms with E-state index >= 15 is 0 Å².